The normalized spacial score (nSPS) is 31.6. The molecule has 0 bridgehead atoms. The maximum atomic E-state index is 13.5. The molecule has 4 aliphatic carbocycles. The highest BCUT2D eigenvalue weighted by Crippen LogP contribution is 2.52. The predicted octanol–water partition coefficient (Wildman–Crippen LogP) is 11.4. The number of rotatable bonds is 15. The fourth-order valence-electron chi connectivity index (χ4n) is 9.81. The van der Waals surface area contributed by atoms with E-state index in [2.05, 4.69) is 13.2 Å². The van der Waals surface area contributed by atoms with Gasteiger partial charge in [-0.2, -0.15) is 0 Å². The van der Waals surface area contributed by atoms with Crippen molar-refractivity contribution in [3.63, 3.8) is 0 Å². The van der Waals surface area contributed by atoms with Crippen LogP contribution in [0.5, 0.6) is 0 Å². The summed E-state index contributed by atoms with van der Waals surface area (Å²) >= 11 is 0. The minimum atomic E-state index is -1.35. The lowest BCUT2D eigenvalue weighted by atomic mass is 9.67. The minimum Gasteiger partial charge on any atom is -0.511 e. The first-order valence-corrected chi connectivity index (χ1v) is 22.8. The van der Waals surface area contributed by atoms with Gasteiger partial charge in [0.2, 0.25) is 0 Å². The standard InChI is InChI=1S/C27H40O5.C26H38O5/c1-9-17(6)22(28)21-23(29)19(14-20-18(16(4)5)11-13-27(20,8)32)24(30)26(7,25(21)31)12-10-15(2)3;1-14(2)9-11-25(7)23(29)18(22(28)20(24(25)30)21(27)16(5)6)13-19-17(15(3)4)10-12-26(19,8)31/h10,17-18,20,29-30,32H,4,9,11-14H2,1-3,5-8H3;9,16-17,19,28-29,31H,3,10-13H2,1-2,4-8H3. The van der Waals surface area contributed by atoms with Gasteiger partial charge in [-0.15, -0.1) is 0 Å². The molecule has 9 unspecified atom stereocenters. The zero-order chi connectivity index (χ0) is 48.5. The van der Waals surface area contributed by atoms with E-state index in [0.29, 0.717) is 19.3 Å². The summed E-state index contributed by atoms with van der Waals surface area (Å²) in [6.45, 7) is 33.3. The van der Waals surface area contributed by atoms with Crippen molar-refractivity contribution in [1.29, 1.82) is 0 Å². The summed E-state index contributed by atoms with van der Waals surface area (Å²) in [7, 11) is 0. The zero-order valence-corrected chi connectivity index (χ0v) is 40.7. The van der Waals surface area contributed by atoms with Crippen LogP contribution in [-0.2, 0) is 19.2 Å². The van der Waals surface area contributed by atoms with Crippen LogP contribution in [0.2, 0.25) is 0 Å². The van der Waals surface area contributed by atoms with E-state index in [1.54, 1.807) is 48.5 Å². The number of aliphatic hydroxyl groups excluding tert-OH is 4. The minimum absolute atomic E-state index is 0.0217. The first-order valence-electron chi connectivity index (χ1n) is 22.8. The fourth-order valence-corrected chi connectivity index (χ4v) is 9.81. The number of hydrogen-bond donors (Lipinski definition) is 6. The zero-order valence-electron chi connectivity index (χ0n) is 40.7. The van der Waals surface area contributed by atoms with Crippen LogP contribution in [0.3, 0.4) is 0 Å². The molecular weight excluding hydrogens is 797 g/mol. The van der Waals surface area contributed by atoms with E-state index in [1.165, 1.54) is 0 Å². The van der Waals surface area contributed by atoms with Crippen LogP contribution in [-0.4, -0.2) is 65.0 Å². The van der Waals surface area contributed by atoms with Crippen LogP contribution < -0.4 is 0 Å². The molecule has 9 atom stereocenters. The van der Waals surface area contributed by atoms with E-state index < -0.39 is 68.5 Å². The molecule has 10 nitrogen and oxygen atoms in total. The van der Waals surface area contributed by atoms with Crippen LogP contribution in [0.25, 0.3) is 0 Å². The molecule has 0 aromatic carbocycles. The molecule has 63 heavy (non-hydrogen) atoms. The molecule has 0 aromatic rings. The second-order valence-corrected chi connectivity index (χ2v) is 20.9. The van der Waals surface area contributed by atoms with Gasteiger partial charge in [0.1, 0.15) is 34.2 Å². The Kier molecular flexibility index (Phi) is 16.7. The first-order chi connectivity index (χ1) is 28.8. The van der Waals surface area contributed by atoms with Crippen LogP contribution in [0.4, 0.5) is 0 Å². The van der Waals surface area contributed by atoms with Gasteiger partial charge in [0.05, 0.1) is 22.0 Å². The van der Waals surface area contributed by atoms with Crippen molar-refractivity contribution in [2.75, 3.05) is 0 Å². The average molecular weight is 875 g/mol. The molecule has 0 aliphatic heterocycles. The molecule has 0 heterocycles. The van der Waals surface area contributed by atoms with Gasteiger partial charge in [-0.25, -0.2) is 0 Å². The van der Waals surface area contributed by atoms with Gasteiger partial charge >= 0.3 is 0 Å². The van der Waals surface area contributed by atoms with Crippen molar-refractivity contribution in [3.8, 4) is 0 Å². The van der Waals surface area contributed by atoms with Gasteiger partial charge in [-0.05, 0) is 151 Å². The van der Waals surface area contributed by atoms with Crippen LogP contribution in [0, 0.1) is 46.3 Å². The average Bonchev–Trinajstić information content (AvgIpc) is 3.67. The molecule has 6 N–H and O–H groups in total. The lowest BCUT2D eigenvalue weighted by Crippen LogP contribution is -2.41. The highest BCUT2D eigenvalue weighted by atomic mass is 16.3. The largest absolute Gasteiger partial charge is 0.511 e. The fraction of sp³-hybridized carbons (Fsp3) is 0.623. The second-order valence-electron chi connectivity index (χ2n) is 20.9. The van der Waals surface area contributed by atoms with Crippen molar-refractivity contribution in [2.45, 2.75) is 166 Å². The molecule has 0 amide bonds. The molecule has 2 saturated carbocycles. The smallest absolute Gasteiger partial charge is 0.183 e. The third kappa shape index (κ3) is 10.6. The predicted molar refractivity (Wildman–Crippen MR) is 250 cm³/mol. The number of aliphatic hydroxyl groups is 6. The SMILES string of the molecule is C=C(C)C1CCC(C)(O)C1CC1=C(O)C(C)(CC=C(C)C)C(=O)C(C(=O)C(C)C)=C1O.C=C(C)C1CCC(C)(O)C1CC1=C(O)C(C)(CC=C(C)C)C(=O)C(C(=O)C(C)CC)=C1O. The van der Waals surface area contributed by atoms with E-state index in [1.807, 2.05) is 60.6 Å². The summed E-state index contributed by atoms with van der Waals surface area (Å²) in [5, 5.41) is 66.8. The summed E-state index contributed by atoms with van der Waals surface area (Å²) < 4.78 is 0. The van der Waals surface area contributed by atoms with Gasteiger partial charge in [-0.3, -0.25) is 19.2 Å². The number of carbonyl (C=O) groups excluding carboxylic acids is 4. The summed E-state index contributed by atoms with van der Waals surface area (Å²) in [5.41, 5.74) is -0.933. The Morgan fingerprint density at radius 1 is 0.651 bits per heavy atom. The molecule has 4 aliphatic rings. The van der Waals surface area contributed by atoms with E-state index in [4.69, 9.17) is 0 Å². The number of ketones is 4. The van der Waals surface area contributed by atoms with Gasteiger partial charge < -0.3 is 30.6 Å². The maximum absolute atomic E-state index is 13.5. The van der Waals surface area contributed by atoms with Gasteiger partial charge in [0.15, 0.2) is 23.1 Å². The molecular formula is C53H78O10. The Morgan fingerprint density at radius 3 is 1.27 bits per heavy atom. The van der Waals surface area contributed by atoms with E-state index in [-0.39, 0.29) is 83.2 Å². The Bertz CT molecular complexity index is 2070. The molecule has 0 aromatic heterocycles. The lowest BCUT2D eigenvalue weighted by Gasteiger charge is -2.37. The third-order valence-electron chi connectivity index (χ3n) is 14.6. The molecule has 0 saturated heterocycles. The van der Waals surface area contributed by atoms with Crippen molar-refractivity contribution in [2.24, 2.45) is 46.3 Å². The summed E-state index contributed by atoms with van der Waals surface area (Å²) in [6.07, 6.45) is 7.71. The van der Waals surface area contributed by atoms with Gasteiger partial charge in [-0.1, -0.05) is 75.3 Å². The number of hydrogen-bond acceptors (Lipinski definition) is 10. The van der Waals surface area contributed by atoms with E-state index in [0.717, 1.165) is 35.1 Å². The first kappa shape index (κ1) is 53.1. The lowest BCUT2D eigenvalue weighted by molar-refractivity contribution is -0.130. The van der Waals surface area contributed by atoms with E-state index >= 15 is 0 Å². The Morgan fingerprint density at radius 2 is 0.984 bits per heavy atom. The highest BCUT2D eigenvalue weighted by molar-refractivity contribution is 6.25. The monoisotopic (exact) mass is 875 g/mol. The van der Waals surface area contributed by atoms with Crippen molar-refractivity contribution in [3.05, 3.63) is 92.9 Å². The summed E-state index contributed by atoms with van der Waals surface area (Å²) in [4.78, 5) is 52.9. The molecule has 4 rings (SSSR count). The van der Waals surface area contributed by atoms with Crippen molar-refractivity contribution < 1.29 is 49.8 Å². The van der Waals surface area contributed by atoms with E-state index in [9.17, 15) is 49.8 Å². The van der Waals surface area contributed by atoms with Crippen molar-refractivity contribution >= 4 is 23.1 Å². The number of carbonyl (C=O) groups is 4. The Hall–Kier alpha value is -4.28. The Labute approximate surface area is 377 Å². The maximum Gasteiger partial charge on any atom is 0.183 e. The number of allylic oxidation sites excluding steroid dienone is 12. The molecule has 10 heteroatoms. The molecule has 0 spiro atoms. The quantitative estimate of drug-likeness (QED) is 0.0682. The van der Waals surface area contributed by atoms with Crippen molar-refractivity contribution in [1.82, 2.24) is 0 Å². The van der Waals surface area contributed by atoms with Crippen LogP contribution >= 0.6 is 0 Å². The molecule has 2 fully saturated rings. The Balaban J connectivity index is 0.000000335. The second kappa shape index (κ2) is 19.9. The molecule has 350 valence electrons. The van der Waals surface area contributed by atoms with Gasteiger partial charge in [0.25, 0.3) is 0 Å². The number of Topliss-reactive ketones (excluding diaryl/α,β-unsaturated/α-hetero) is 4. The van der Waals surface area contributed by atoms with Crippen LogP contribution in [0.1, 0.15) is 155 Å². The summed E-state index contributed by atoms with van der Waals surface area (Å²) in [6, 6.07) is 0. The third-order valence-corrected chi connectivity index (χ3v) is 14.6. The van der Waals surface area contributed by atoms with Gasteiger partial charge in [0, 0.05) is 23.0 Å². The van der Waals surface area contributed by atoms with Crippen LogP contribution in [0.15, 0.2) is 92.9 Å². The highest BCUT2D eigenvalue weighted by Gasteiger charge is 2.53. The summed E-state index contributed by atoms with van der Waals surface area (Å²) in [5.74, 6) is -4.69. The molecule has 0 radical (unpaired) electrons. The topological polar surface area (TPSA) is 190 Å².